The number of H-pyrrole nitrogens is 1. The zero-order chi connectivity index (χ0) is 17.8. The highest BCUT2D eigenvalue weighted by Gasteiger charge is 2.08. The number of pyridine rings is 1. The standard InChI is InChI=1S/C17H12N4O3S/c22-16(11-5-7-14(8-6-11)21(23)24)20-18-10-13-9-12-3-1-2-4-15(12)19-17(13)25/h1-10H,(H,19,25)(H,20,22). The van der Waals surface area contributed by atoms with Crippen molar-refractivity contribution in [2.75, 3.05) is 0 Å². The Kier molecular flexibility index (Phi) is 4.62. The molecule has 0 saturated heterocycles. The number of aromatic amines is 1. The SMILES string of the molecule is O=C(NN=Cc1cc2ccccc2[nH]c1=S)c1ccc([N+](=O)[O-])cc1. The summed E-state index contributed by atoms with van der Waals surface area (Å²) in [5.74, 6) is -0.471. The van der Waals surface area contributed by atoms with E-state index in [-0.39, 0.29) is 11.3 Å². The lowest BCUT2D eigenvalue weighted by molar-refractivity contribution is -0.384. The molecule has 0 unspecified atom stereocenters. The number of rotatable bonds is 4. The number of para-hydroxylation sites is 1. The van der Waals surface area contributed by atoms with Crippen molar-refractivity contribution in [3.8, 4) is 0 Å². The van der Waals surface area contributed by atoms with Gasteiger partial charge in [-0.15, -0.1) is 0 Å². The van der Waals surface area contributed by atoms with Gasteiger partial charge in [0.05, 0.1) is 11.1 Å². The van der Waals surface area contributed by atoms with Gasteiger partial charge in [-0.3, -0.25) is 14.9 Å². The predicted molar refractivity (Wildman–Crippen MR) is 97.3 cm³/mol. The van der Waals surface area contributed by atoms with Crippen LogP contribution >= 0.6 is 12.2 Å². The number of hydrogen-bond donors (Lipinski definition) is 2. The summed E-state index contributed by atoms with van der Waals surface area (Å²) in [5, 5.41) is 15.5. The summed E-state index contributed by atoms with van der Waals surface area (Å²) >= 11 is 5.27. The molecule has 0 spiro atoms. The average molecular weight is 352 g/mol. The zero-order valence-electron chi connectivity index (χ0n) is 12.8. The van der Waals surface area contributed by atoms with Gasteiger partial charge < -0.3 is 4.98 Å². The van der Waals surface area contributed by atoms with Crippen LogP contribution in [0.1, 0.15) is 15.9 Å². The van der Waals surface area contributed by atoms with Crippen LogP contribution in [0.5, 0.6) is 0 Å². The quantitative estimate of drug-likeness (QED) is 0.324. The summed E-state index contributed by atoms with van der Waals surface area (Å²) in [6.07, 6.45) is 1.45. The van der Waals surface area contributed by atoms with Crippen molar-refractivity contribution in [1.82, 2.24) is 10.4 Å². The lowest BCUT2D eigenvalue weighted by Crippen LogP contribution is -2.17. The van der Waals surface area contributed by atoms with Gasteiger partial charge in [0.1, 0.15) is 4.64 Å². The molecule has 0 saturated carbocycles. The lowest BCUT2D eigenvalue weighted by atomic mass is 10.2. The van der Waals surface area contributed by atoms with Crippen LogP contribution in [0, 0.1) is 14.8 Å². The average Bonchev–Trinajstić information content (AvgIpc) is 2.62. The van der Waals surface area contributed by atoms with Gasteiger partial charge in [0.15, 0.2) is 0 Å². The topological polar surface area (TPSA) is 100 Å². The molecular formula is C17H12N4O3S. The van der Waals surface area contributed by atoms with Crippen molar-refractivity contribution < 1.29 is 9.72 Å². The smallest absolute Gasteiger partial charge is 0.271 e. The minimum atomic E-state index is -0.527. The van der Waals surface area contributed by atoms with Gasteiger partial charge >= 0.3 is 0 Å². The number of carbonyl (C=O) groups is 1. The molecule has 3 aromatic rings. The molecule has 0 atom stereocenters. The molecule has 0 radical (unpaired) electrons. The summed E-state index contributed by atoms with van der Waals surface area (Å²) in [7, 11) is 0. The molecule has 25 heavy (non-hydrogen) atoms. The number of carbonyl (C=O) groups excluding carboxylic acids is 1. The van der Waals surface area contributed by atoms with E-state index in [0.29, 0.717) is 10.2 Å². The van der Waals surface area contributed by atoms with Crippen LogP contribution < -0.4 is 5.43 Å². The van der Waals surface area contributed by atoms with Crippen LogP contribution in [0.25, 0.3) is 10.9 Å². The number of amides is 1. The number of hydrazone groups is 1. The van der Waals surface area contributed by atoms with Gasteiger partial charge in [-0.25, -0.2) is 5.43 Å². The highest BCUT2D eigenvalue weighted by atomic mass is 32.1. The molecule has 2 N–H and O–H groups in total. The van der Waals surface area contributed by atoms with E-state index < -0.39 is 10.8 Å². The minimum absolute atomic E-state index is 0.0810. The molecule has 1 heterocycles. The largest absolute Gasteiger partial charge is 0.346 e. The van der Waals surface area contributed by atoms with E-state index in [2.05, 4.69) is 15.5 Å². The van der Waals surface area contributed by atoms with E-state index in [0.717, 1.165) is 10.9 Å². The number of hydrogen-bond acceptors (Lipinski definition) is 5. The number of nitro benzene ring substituents is 1. The molecule has 0 fully saturated rings. The molecule has 0 aliphatic heterocycles. The molecule has 0 bridgehead atoms. The van der Waals surface area contributed by atoms with Crippen molar-refractivity contribution in [2.24, 2.45) is 5.10 Å². The Morgan fingerprint density at radius 2 is 1.92 bits per heavy atom. The maximum atomic E-state index is 12.0. The van der Waals surface area contributed by atoms with Crippen molar-refractivity contribution >= 4 is 40.9 Å². The van der Waals surface area contributed by atoms with Crippen LogP contribution in [0.2, 0.25) is 0 Å². The van der Waals surface area contributed by atoms with E-state index in [9.17, 15) is 14.9 Å². The van der Waals surface area contributed by atoms with Gasteiger partial charge in [-0.05, 0) is 29.7 Å². The monoisotopic (exact) mass is 352 g/mol. The first-order valence-corrected chi connectivity index (χ1v) is 7.65. The van der Waals surface area contributed by atoms with Crippen LogP contribution in [0.3, 0.4) is 0 Å². The predicted octanol–water partition coefficient (Wildman–Crippen LogP) is 3.57. The normalized spacial score (nSPS) is 10.9. The fourth-order valence-electron chi connectivity index (χ4n) is 2.22. The van der Waals surface area contributed by atoms with Gasteiger partial charge in [0.25, 0.3) is 11.6 Å². The first kappa shape index (κ1) is 16.5. The number of aromatic nitrogens is 1. The van der Waals surface area contributed by atoms with Crippen molar-refractivity contribution in [3.63, 3.8) is 0 Å². The number of benzene rings is 2. The third-order valence-electron chi connectivity index (χ3n) is 3.49. The third kappa shape index (κ3) is 3.75. The Morgan fingerprint density at radius 3 is 2.64 bits per heavy atom. The number of non-ortho nitro benzene ring substituents is 1. The van der Waals surface area contributed by atoms with Crippen LogP contribution in [0.15, 0.2) is 59.7 Å². The highest BCUT2D eigenvalue weighted by molar-refractivity contribution is 7.71. The van der Waals surface area contributed by atoms with E-state index in [1.165, 1.54) is 30.5 Å². The number of nitrogens with zero attached hydrogens (tertiary/aromatic N) is 2. The second-order valence-electron chi connectivity index (χ2n) is 5.14. The fraction of sp³-hybridized carbons (Fsp3) is 0. The van der Waals surface area contributed by atoms with E-state index in [4.69, 9.17) is 12.2 Å². The summed E-state index contributed by atoms with van der Waals surface area (Å²) < 4.78 is 0.507. The van der Waals surface area contributed by atoms with Crippen molar-refractivity contribution in [2.45, 2.75) is 0 Å². The van der Waals surface area contributed by atoms with Gasteiger partial charge in [0, 0.05) is 28.8 Å². The molecule has 124 valence electrons. The lowest BCUT2D eigenvalue weighted by Gasteiger charge is -2.01. The van der Waals surface area contributed by atoms with Crippen molar-refractivity contribution in [3.05, 3.63) is 80.5 Å². The third-order valence-corrected chi connectivity index (χ3v) is 3.83. The molecule has 0 aliphatic rings. The second kappa shape index (κ2) is 7.02. The number of nitrogens with one attached hydrogen (secondary N) is 2. The van der Waals surface area contributed by atoms with Gasteiger partial charge in [-0.2, -0.15) is 5.10 Å². The molecule has 7 nitrogen and oxygen atoms in total. The Hall–Kier alpha value is -3.39. The maximum Gasteiger partial charge on any atom is 0.271 e. The van der Waals surface area contributed by atoms with E-state index in [1.807, 2.05) is 30.3 Å². The summed E-state index contributed by atoms with van der Waals surface area (Å²) in [4.78, 5) is 25.2. The molecule has 1 aromatic heterocycles. The Morgan fingerprint density at radius 1 is 1.20 bits per heavy atom. The molecule has 8 heteroatoms. The van der Waals surface area contributed by atoms with Crippen LogP contribution in [0.4, 0.5) is 5.69 Å². The summed E-state index contributed by atoms with van der Waals surface area (Å²) in [6.45, 7) is 0. The molecule has 2 aromatic carbocycles. The fourth-order valence-corrected chi connectivity index (χ4v) is 2.44. The Labute approximate surface area is 147 Å². The van der Waals surface area contributed by atoms with E-state index in [1.54, 1.807) is 0 Å². The van der Waals surface area contributed by atoms with E-state index >= 15 is 0 Å². The van der Waals surface area contributed by atoms with Gasteiger partial charge in [-0.1, -0.05) is 30.4 Å². The number of fused-ring (bicyclic) bond motifs is 1. The Bertz CT molecular complexity index is 1040. The first-order chi connectivity index (χ1) is 12.0. The molecule has 1 amide bonds. The second-order valence-corrected chi connectivity index (χ2v) is 5.55. The van der Waals surface area contributed by atoms with Crippen LogP contribution in [-0.2, 0) is 0 Å². The maximum absolute atomic E-state index is 12.0. The number of nitro groups is 1. The minimum Gasteiger partial charge on any atom is -0.346 e. The summed E-state index contributed by atoms with van der Waals surface area (Å²) in [5.41, 5.74) is 4.14. The summed E-state index contributed by atoms with van der Waals surface area (Å²) in [6, 6.07) is 14.8. The zero-order valence-corrected chi connectivity index (χ0v) is 13.6. The first-order valence-electron chi connectivity index (χ1n) is 7.24. The molecule has 0 aliphatic carbocycles. The van der Waals surface area contributed by atoms with Crippen molar-refractivity contribution in [1.29, 1.82) is 0 Å². The molecular weight excluding hydrogens is 340 g/mol. The van der Waals surface area contributed by atoms with Gasteiger partial charge in [0.2, 0.25) is 0 Å². The molecule has 3 rings (SSSR count). The van der Waals surface area contributed by atoms with Crippen LogP contribution in [-0.4, -0.2) is 22.0 Å². The highest BCUT2D eigenvalue weighted by Crippen LogP contribution is 2.13. The Balaban J connectivity index is 1.74.